The first-order valence-corrected chi connectivity index (χ1v) is 6.93. The van der Waals surface area contributed by atoms with Gasteiger partial charge in [0.15, 0.2) is 0 Å². The third kappa shape index (κ3) is 2.18. The molecule has 1 aromatic rings. The molecule has 1 N–H and O–H groups in total. The SMILES string of the molecule is O=C(O)c1ccccc1C(=O)N1CCOC2CCCC21. The zero-order valence-corrected chi connectivity index (χ0v) is 11.1. The maximum atomic E-state index is 12.7. The van der Waals surface area contributed by atoms with E-state index in [2.05, 4.69) is 0 Å². The minimum absolute atomic E-state index is 0.0681. The van der Waals surface area contributed by atoms with E-state index in [0.717, 1.165) is 19.3 Å². The molecule has 0 bridgehead atoms. The van der Waals surface area contributed by atoms with Crippen LogP contribution in [0.15, 0.2) is 24.3 Å². The van der Waals surface area contributed by atoms with E-state index < -0.39 is 5.97 Å². The molecule has 1 saturated carbocycles. The van der Waals surface area contributed by atoms with Gasteiger partial charge in [-0.1, -0.05) is 12.1 Å². The van der Waals surface area contributed by atoms with Gasteiger partial charge in [-0.15, -0.1) is 0 Å². The van der Waals surface area contributed by atoms with Gasteiger partial charge < -0.3 is 14.7 Å². The number of aromatic carboxylic acids is 1. The average Bonchev–Trinajstić information content (AvgIpc) is 2.94. The Balaban J connectivity index is 1.90. The molecule has 0 spiro atoms. The van der Waals surface area contributed by atoms with E-state index in [1.165, 1.54) is 6.07 Å². The molecular formula is C15H17NO4. The van der Waals surface area contributed by atoms with Crippen LogP contribution in [0.3, 0.4) is 0 Å². The Morgan fingerprint density at radius 3 is 2.70 bits per heavy atom. The van der Waals surface area contributed by atoms with Crippen LogP contribution >= 0.6 is 0 Å². The highest BCUT2D eigenvalue weighted by atomic mass is 16.5. The van der Waals surface area contributed by atoms with E-state index >= 15 is 0 Å². The van der Waals surface area contributed by atoms with Crippen LogP contribution < -0.4 is 0 Å². The van der Waals surface area contributed by atoms with Gasteiger partial charge in [0.2, 0.25) is 0 Å². The molecule has 5 nitrogen and oxygen atoms in total. The van der Waals surface area contributed by atoms with Crippen LogP contribution in [-0.4, -0.2) is 47.2 Å². The van der Waals surface area contributed by atoms with Crippen LogP contribution in [0.1, 0.15) is 40.0 Å². The van der Waals surface area contributed by atoms with Crippen molar-refractivity contribution in [3.8, 4) is 0 Å². The van der Waals surface area contributed by atoms with Gasteiger partial charge in [-0.25, -0.2) is 4.79 Å². The first kappa shape index (κ1) is 13.1. The van der Waals surface area contributed by atoms with Crippen molar-refractivity contribution in [2.45, 2.75) is 31.4 Å². The average molecular weight is 275 g/mol. The number of hydrogen-bond acceptors (Lipinski definition) is 3. The first-order valence-electron chi connectivity index (χ1n) is 6.93. The molecule has 1 aliphatic carbocycles. The minimum Gasteiger partial charge on any atom is -0.478 e. The third-order valence-electron chi connectivity index (χ3n) is 4.13. The monoisotopic (exact) mass is 275 g/mol. The van der Waals surface area contributed by atoms with Crippen molar-refractivity contribution >= 4 is 11.9 Å². The Morgan fingerprint density at radius 1 is 1.20 bits per heavy atom. The van der Waals surface area contributed by atoms with Crippen molar-refractivity contribution in [1.82, 2.24) is 4.90 Å². The Bertz CT molecular complexity index is 542. The van der Waals surface area contributed by atoms with E-state index in [9.17, 15) is 14.7 Å². The second kappa shape index (κ2) is 5.25. The summed E-state index contributed by atoms with van der Waals surface area (Å²) in [6, 6.07) is 6.50. The number of benzene rings is 1. The van der Waals surface area contributed by atoms with Crippen LogP contribution in [0.4, 0.5) is 0 Å². The van der Waals surface area contributed by atoms with Crippen molar-refractivity contribution in [2.24, 2.45) is 0 Å². The smallest absolute Gasteiger partial charge is 0.336 e. The Labute approximate surface area is 117 Å². The summed E-state index contributed by atoms with van der Waals surface area (Å²) in [6.07, 6.45) is 3.09. The minimum atomic E-state index is -1.06. The van der Waals surface area contributed by atoms with Crippen molar-refractivity contribution in [2.75, 3.05) is 13.2 Å². The highest BCUT2D eigenvalue weighted by Gasteiger charge is 2.39. The standard InChI is InChI=1S/C15H17NO4/c17-14(10-4-1-2-5-11(10)15(18)19)16-8-9-20-13-7-3-6-12(13)16/h1-2,4-5,12-13H,3,6-9H2,(H,18,19). The number of amides is 1. The quantitative estimate of drug-likeness (QED) is 0.893. The number of nitrogens with zero attached hydrogens (tertiary/aromatic N) is 1. The highest BCUT2D eigenvalue weighted by molar-refractivity contribution is 6.04. The number of carboxylic acids is 1. The topological polar surface area (TPSA) is 66.8 Å². The molecular weight excluding hydrogens is 258 g/mol. The van der Waals surface area contributed by atoms with Crippen LogP contribution in [0.25, 0.3) is 0 Å². The van der Waals surface area contributed by atoms with E-state index in [4.69, 9.17) is 4.74 Å². The molecule has 20 heavy (non-hydrogen) atoms. The molecule has 1 aromatic carbocycles. The lowest BCUT2D eigenvalue weighted by Gasteiger charge is -2.37. The summed E-state index contributed by atoms with van der Waals surface area (Å²) in [6.45, 7) is 1.07. The lowest BCUT2D eigenvalue weighted by Crippen LogP contribution is -2.51. The van der Waals surface area contributed by atoms with E-state index in [-0.39, 0.29) is 29.2 Å². The summed E-state index contributed by atoms with van der Waals surface area (Å²) in [5, 5.41) is 9.20. The predicted octanol–water partition coefficient (Wildman–Crippen LogP) is 1.78. The summed E-state index contributed by atoms with van der Waals surface area (Å²) in [5.41, 5.74) is 0.339. The Kier molecular flexibility index (Phi) is 3.44. The number of carbonyl (C=O) groups excluding carboxylic acids is 1. The summed E-state index contributed by atoms with van der Waals surface area (Å²) < 4.78 is 5.69. The molecule has 106 valence electrons. The van der Waals surface area contributed by atoms with Crippen molar-refractivity contribution in [1.29, 1.82) is 0 Å². The fourth-order valence-corrected chi connectivity index (χ4v) is 3.19. The Morgan fingerprint density at radius 2 is 1.95 bits per heavy atom. The zero-order chi connectivity index (χ0) is 14.1. The fourth-order valence-electron chi connectivity index (χ4n) is 3.19. The molecule has 2 fully saturated rings. The number of morpholine rings is 1. The molecule has 1 heterocycles. The molecule has 2 atom stereocenters. The maximum absolute atomic E-state index is 12.7. The summed E-state index contributed by atoms with van der Waals surface area (Å²) in [5.74, 6) is -1.26. The largest absolute Gasteiger partial charge is 0.478 e. The fraction of sp³-hybridized carbons (Fsp3) is 0.467. The summed E-state index contributed by atoms with van der Waals surface area (Å²) >= 11 is 0. The molecule has 1 saturated heterocycles. The number of rotatable bonds is 2. The van der Waals surface area contributed by atoms with Crippen molar-refractivity contribution in [3.05, 3.63) is 35.4 Å². The lowest BCUT2D eigenvalue weighted by molar-refractivity contribution is -0.0445. The van der Waals surface area contributed by atoms with Crippen LogP contribution in [0.2, 0.25) is 0 Å². The van der Waals surface area contributed by atoms with E-state index in [1.807, 2.05) is 0 Å². The van der Waals surface area contributed by atoms with Gasteiger partial charge >= 0.3 is 5.97 Å². The highest BCUT2D eigenvalue weighted by Crippen LogP contribution is 2.31. The Hall–Kier alpha value is -1.88. The number of carbonyl (C=O) groups is 2. The molecule has 0 aromatic heterocycles. The second-order valence-electron chi connectivity index (χ2n) is 5.26. The number of ether oxygens (including phenoxy) is 1. The number of carboxylic acid groups (broad SMARTS) is 1. The van der Waals surface area contributed by atoms with Gasteiger partial charge in [0.25, 0.3) is 5.91 Å². The van der Waals surface area contributed by atoms with Crippen molar-refractivity contribution < 1.29 is 19.4 Å². The molecule has 2 aliphatic rings. The first-order chi connectivity index (χ1) is 9.68. The summed E-state index contributed by atoms with van der Waals surface area (Å²) in [4.78, 5) is 25.7. The van der Waals surface area contributed by atoms with E-state index in [0.29, 0.717) is 13.2 Å². The molecule has 3 rings (SSSR count). The molecule has 0 radical (unpaired) electrons. The zero-order valence-electron chi connectivity index (χ0n) is 11.1. The van der Waals surface area contributed by atoms with Crippen LogP contribution in [0, 0.1) is 0 Å². The van der Waals surface area contributed by atoms with Gasteiger partial charge in [0.1, 0.15) is 0 Å². The third-order valence-corrected chi connectivity index (χ3v) is 4.13. The van der Waals surface area contributed by atoms with Gasteiger partial charge in [-0.3, -0.25) is 4.79 Å². The van der Waals surface area contributed by atoms with Crippen LogP contribution in [0.5, 0.6) is 0 Å². The van der Waals surface area contributed by atoms with Crippen LogP contribution in [-0.2, 0) is 4.74 Å². The van der Waals surface area contributed by atoms with E-state index in [1.54, 1.807) is 23.1 Å². The van der Waals surface area contributed by atoms with Gasteiger partial charge in [-0.2, -0.15) is 0 Å². The van der Waals surface area contributed by atoms with Gasteiger partial charge in [-0.05, 0) is 31.4 Å². The predicted molar refractivity (Wildman–Crippen MR) is 71.8 cm³/mol. The molecule has 5 heteroatoms. The van der Waals surface area contributed by atoms with Gasteiger partial charge in [0.05, 0.1) is 29.9 Å². The normalized spacial score (nSPS) is 25.3. The molecule has 1 amide bonds. The number of fused-ring (bicyclic) bond motifs is 1. The number of hydrogen-bond donors (Lipinski definition) is 1. The second-order valence-corrected chi connectivity index (χ2v) is 5.26. The van der Waals surface area contributed by atoms with Crippen molar-refractivity contribution in [3.63, 3.8) is 0 Å². The molecule has 2 unspecified atom stereocenters. The van der Waals surface area contributed by atoms with Gasteiger partial charge in [0, 0.05) is 6.54 Å². The maximum Gasteiger partial charge on any atom is 0.336 e. The molecule has 1 aliphatic heterocycles. The lowest BCUT2D eigenvalue weighted by atomic mass is 10.0. The summed E-state index contributed by atoms with van der Waals surface area (Å²) in [7, 11) is 0.